The quantitative estimate of drug-likeness (QED) is 0.236. The van der Waals surface area contributed by atoms with Crippen LogP contribution in [-0.2, 0) is 6.16 Å². The molecule has 1 aromatic heterocycles. The van der Waals surface area contributed by atoms with Crippen LogP contribution in [0.5, 0.6) is 0 Å². The molecular formula is C29H25ClNPS. The monoisotopic (exact) mass is 485 g/mol. The Morgan fingerprint density at radius 2 is 1.12 bits per heavy atom. The third-order valence-electron chi connectivity index (χ3n) is 6.21. The maximum atomic E-state index is 6.11. The van der Waals surface area contributed by atoms with E-state index in [2.05, 4.69) is 110 Å². The van der Waals surface area contributed by atoms with Gasteiger partial charge in [0.15, 0.2) is 0 Å². The molecule has 0 spiro atoms. The molecule has 0 bridgehead atoms. The van der Waals surface area contributed by atoms with Crippen LogP contribution in [0.1, 0.15) is 10.6 Å². The van der Waals surface area contributed by atoms with Crippen LogP contribution in [0.15, 0.2) is 115 Å². The van der Waals surface area contributed by atoms with Crippen LogP contribution >= 0.6 is 30.2 Å². The molecule has 0 unspecified atom stereocenters. The van der Waals surface area contributed by atoms with E-state index in [0.717, 1.165) is 27.4 Å². The van der Waals surface area contributed by atoms with Crippen molar-refractivity contribution >= 4 is 46.1 Å². The molecule has 1 nitrogen and oxygen atoms in total. The molecular weight excluding hydrogens is 461 g/mol. The van der Waals surface area contributed by atoms with Crippen molar-refractivity contribution in [2.24, 2.45) is 0 Å². The van der Waals surface area contributed by atoms with Crippen LogP contribution in [0.2, 0.25) is 5.02 Å². The summed E-state index contributed by atoms with van der Waals surface area (Å²) in [6.45, 7) is 2.14. The summed E-state index contributed by atoms with van der Waals surface area (Å²) in [6, 6.07) is 41.2. The van der Waals surface area contributed by atoms with E-state index in [4.69, 9.17) is 16.6 Å². The number of thiazole rings is 1. The molecule has 0 atom stereocenters. The van der Waals surface area contributed by atoms with Gasteiger partial charge in [0.2, 0.25) is 0 Å². The molecule has 4 aromatic carbocycles. The Morgan fingerprint density at radius 3 is 1.58 bits per heavy atom. The van der Waals surface area contributed by atoms with Crippen molar-refractivity contribution in [3.63, 3.8) is 0 Å². The molecule has 164 valence electrons. The van der Waals surface area contributed by atoms with Gasteiger partial charge in [0, 0.05) is 0 Å². The summed E-state index contributed by atoms with van der Waals surface area (Å²) in [5, 5.41) is 6.06. The zero-order valence-corrected chi connectivity index (χ0v) is 21.0. The van der Waals surface area contributed by atoms with E-state index in [1.165, 1.54) is 20.8 Å². The van der Waals surface area contributed by atoms with Crippen molar-refractivity contribution in [1.29, 1.82) is 0 Å². The Bertz CT molecular complexity index is 1240. The van der Waals surface area contributed by atoms with E-state index in [1.54, 1.807) is 0 Å². The molecule has 0 saturated heterocycles. The SMILES string of the molecule is Cc1nc(-c2ccc(Cl)cc2)sc1C[PH](c1ccccc1)(c1ccccc1)c1ccccc1. The van der Waals surface area contributed by atoms with E-state index in [0.29, 0.717) is 0 Å². The topological polar surface area (TPSA) is 12.9 Å². The molecule has 0 saturated carbocycles. The molecule has 0 N–H and O–H groups in total. The van der Waals surface area contributed by atoms with Gasteiger partial charge < -0.3 is 0 Å². The second-order valence-corrected chi connectivity index (χ2v) is 13.6. The summed E-state index contributed by atoms with van der Waals surface area (Å²) in [5.41, 5.74) is 2.23. The molecule has 0 aliphatic rings. The molecule has 33 heavy (non-hydrogen) atoms. The van der Waals surface area contributed by atoms with Gasteiger partial charge in [-0.3, -0.25) is 0 Å². The summed E-state index contributed by atoms with van der Waals surface area (Å²) in [6.07, 6.45) is 0.974. The molecule has 0 amide bonds. The maximum absolute atomic E-state index is 6.11. The fourth-order valence-corrected chi connectivity index (χ4v) is 11.1. The Labute approximate surface area is 205 Å². The molecule has 4 heteroatoms. The minimum atomic E-state index is -2.34. The number of aryl methyl sites for hydroxylation is 1. The fraction of sp³-hybridized carbons (Fsp3) is 0.0690. The average Bonchev–Trinajstić information content (AvgIpc) is 3.24. The summed E-state index contributed by atoms with van der Waals surface area (Å²) >= 11 is 7.92. The van der Waals surface area contributed by atoms with Crippen LogP contribution in [-0.4, -0.2) is 4.98 Å². The van der Waals surface area contributed by atoms with Gasteiger partial charge in [-0.05, 0) is 0 Å². The van der Waals surface area contributed by atoms with Gasteiger partial charge >= 0.3 is 206 Å². The summed E-state index contributed by atoms with van der Waals surface area (Å²) in [4.78, 5) is 6.32. The number of rotatable bonds is 6. The fourth-order valence-electron chi connectivity index (χ4n) is 4.52. The van der Waals surface area contributed by atoms with Crippen LogP contribution in [0.4, 0.5) is 0 Å². The molecule has 5 rings (SSSR count). The first kappa shape index (κ1) is 22.0. The second-order valence-electron chi connectivity index (χ2n) is 8.21. The van der Waals surface area contributed by atoms with Gasteiger partial charge in [0.1, 0.15) is 0 Å². The van der Waals surface area contributed by atoms with E-state index in [-0.39, 0.29) is 0 Å². The second kappa shape index (κ2) is 9.61. The molecule has 0 aliphatic carbocycles. The molecule has 0 radical (unpaired) electrons. The molecule has 5 aromatic rings. The Morgan fingerprint density at radius 1 is 0.667 bits per heavy atom. The Balaban J connectivity index is 1.70. The predicted molar refractivity (Wildman–Crippen MR) is 148 cm³/mol. The average molecular weight is 486 g/mol. The summed E-state index contributed by atoms with van der Waals surface area (Å²) in [7, 11) is -2.34. The normalized spacial score (nSPS) is 11.9. The van der Waals surface area contributed by atoms with Crippen molar-refractivity contribution in [2.75, 3.05) is 0 Å². The van der Waals surface area contributed by atoms with Crippen LogP contribution in [0, 0.1) is 6.92 Å². The molecule has 0 fully saturated rings. The van der Waals surface area contributed by atoms with E-state index >= 15 is 0 Å². The van der Waals surface area contributed by atoms with Gasteiger partial charge in [-0.2, -0.15) is 0 Å². The predicted octanol–water partition coefficient (Wildman–Crippen LogP) is 7.00. The van der Waals surface area contributed by atoms with Gasteiger partial charge in [0.05, 0.1) is 0 Å². The first-order chi connectivity index (χ1) is 16.2. The van der Waals surface area contributed by atoms with Crippen LogP contribution in [0.25, 0.3) is 10.6 Å². The van der Waals surface area contributed by atoms with Gasteiger partial charge in [-0.1, -0.05) is 0 Å². The number of aromatic nitrogens is 1. The Kier molecular flexibility index (Phi) is 6.42. The third kappa shape index (κ3) is 4.39. The van der Waals surface area contributed by atoms with Crippen LogP contribution < -0.4 is 15.9 Å². The summed E-state index contributed by atoms with van der Waals surface area (Å²) in [5.74, 6) is 0. The van der Waals surface area contributed by atoms with Crippen molar-refractivity contribution < 1.29 is 0 Å². The Hall–Kier alpha value is -2.77. The summed E-state index contributed by atoms with van der Waals surface area (Å²) < 4.78 is 0. The van der Waals surface area contributed by atoms with Crippen molar-refractivity contribution in [2.45, 2.75) is 13.1 Å². The van der Waals surface area contributed by atoms with Gasteiger partial charge in [-0.15, -0.1) is 0 Å². The standard InChI is InChI=1S/C29H25ClNPS/c1-22-28(33-29(31-22)23-17-19-24(30)20-18-23)21-32(25-11-5-2-6-12-25,26-13-7-3-8-14-26)27-15-9-4-10-16-27/h2-20,32H,21H2,1H3. The van der Waals surface area contributed by atoms with Crippen molar-refractivity contribution in [3.05, 3.63) is 131 Å². The number of nitrogens with zero attached hydrogens (tertiary/aromatic N) is 1. The number of hydrogen-bond acceptors (Lipinski definition) is 2. The number of hydrogen-bond donors (Lipinski definition) is 0. The first-order valence-corrected chi connectivity index (χ1v) is 14.5. The van der Waals surface area contributed by atoms with E-state index in [1.807, 2.05) is 23.5 Å². The third-order valence-corrected chi connectivity index (χ3v) is 12.8. The van der Waals surface area contributed by atoms with Gasteiger partial charge in [0.25, 0.3) is 0 Å². The molecule has 1 heterocycles. The minimum absolute atomic E-state index is 0.746. The zero-order valence-electron chi connectivity index (χ0n) is 18.4. The number of halogens is 1. The van der Waals surface area contributed by atoms with Crippen LogP contribution in [0.3, 0.4) is 0 Å². The van der Waals surface area contributed by atoms with Crippen molar-refractivity contribution in [1.82, 2.24) is 4.98 Å². The van der Waals surface area contributed by atoms with Gasteiger partial charge in [-0.25, -0.2) is 0 Å². The van der Waals surface area contributed by atoms with E-state index in [9.17, 15) is 0 Å². The van der Waals surface area contributed by atoms with Crippen molar-refractivity contribution in [3.8, 4) is 10.6 Å². The number of benzene rings is 4. The van der Waals surface area contributed by atoms with E-state index < -0.39 is 7.26 Å². The molecule has 0 aliphatic heterocycles. The zero-order chi connectivity index (χ0) is 22.7. The first-order valence-electron chi connectivity index (χ1n) is 11.1.